The summed E-state index contributed by atoms with van der Waals surface area (Å²) in [4.78, 5) is 0.661. The molecule has 0 saturated carbocycles. The molecule has 0 unspecified atom stereocenters. The highest BCUT2D eigenvalue weighted by atomic mass is 32.1. The Morgan fingerprint density at radius 1 is 1.04 bits per heavy atom. The standard InChI is InChI=1S/C18H11FN4OS/c1-10-13-4-2-3-5-14(13)24-15(10)16-20-21-18-23(16)22-17(25-18)11-6-8-12(19)9-7-11/h2-9H,1H3. The summed E-state index contributed by atoms with van der Waals surface area (Å²) in [7, 11) is 0. The number of fused-ring (bicyclic) bond motifs is 2. The highest BCUT2D eigenvalue weighted by Crippen LogP contribution is 2.34. The van der Waals surface area contributed by atoms with Gasteiger partial charge in [0.15, 0.2) is 5.76 Å². The van der Waals surface area contributed by atoms with Crippen molar-refractivity contribution in [3.8, 4) is 22.2 Å². The van der Waals surface area contributed by atoms with Crippen LogP contribution in [0.4, 0.5) is 4.39 Å². The Labute approximate surface area is 145 Å². The zero-order chi connectivity index (χ0) is 17.0. The third-order valence-corrected chi connectivity index (χ3v) is 5.08. The first kappa shape index (κ1) is 14.3. The van der Waals surface area contributed by atoms with Gasteiger partial charge in [0.1, 0.15) is 16.4 Å². The van der Waals surface area contributed by atoms with Crippen LogP contribution >= 0.6 is 11.3 Å². The Balaban J connectivity index is 1.69. The van der Waals surface area contributed by atoms with Crippen molar-refractivity contribution in [2.45, 2.75) is 6.92 Å². The van der Waals surface area contributed by atoms with Crippen molar-refractivity contribution in [2.24, 2.45) is 0 Å². The molecule has 0 fully saturated rings. The van der Waals surface area contributed by atoms with Crippen molar-refractivity contribution in [3.05, 3.63) is 59.9 Å². The number of furan rings is 1. The average Bonchev–Trinajstić information content (AvgIpc) is 3.29. The minimum Gasteiger partial charge on any atom is -0.452 e. The van der Waals surface area contributed by atoms with Gasteiger partial charge in [0.05, 0.1) is 0 Å². The van der Waals surface area contributed by atoms with Crippen LogP contribution in [0, 0.1) is 12.7 Å². The van der Waals surface area contributed by atoms with Crippen molar-refractivity contribution in [2.75, 3.05) is 0 Å². The van der Waals surface area contributed by atoms with Crippen LogP contribution in [0.15, 0.2) is 52.9 Å². The number of nitrogens with zero attached hydrogens (tertiary/aromatic N) is 4. The Kier molecular flexibility index (Phi) is 2.98. The van der Waals surface area contributed by atoms with Gasteiger partial charge in [0.25, 0.3) is 0 Å². The summed E-state index contributed by atoms with van der Waals surface area (Å²) < 4.78 is 20.8. The molecule has 2 aromatic carbocycles. The molecule has 3 aromatic heterocycles. The lowest BCUT2D eigenvalue weighted by Crippen LogP contribution is -1.91. The molecule has 5 rings (SSSR count). The SMILES string of the molecule is Cc1c(-c2nnc3sc(-c4ccc(F)cc4)nn23)oc2ccccc12. The molecular formula is C18H11FN4OS. The van der Waals surface area contributed by atoms with Crippen LogP contribution in [0.2, 0.25) is 0 Å². The number of rotatable bonds is 2. The first-order valence-electron chi connectivity index (χ1n) is 7.67. The second kappa shape index (κ2) is 5.22. The van der Waals surface area contributed by atoms with Gasteiger partial charge >= 0.3 is 0 Å². The number of hydrogen-bond donors (Lipinski definition) is 0. The number of aromatic nitrogens is 4. The molecule has 0 aliphatic carbocycles. The summed E-state index contributed by atoms with van der Waals surface area (Å²) in [6.07, 6.45) is 0. The fraction of sp³-hybridized carbons (Fsp3) is 0.0556. The molecule has 0 radical (unpaired) electrons. The van der Waals surface area contributed by atoms with Gasteiger partial charge in [-0.2, -0.15) is 9.61 Å². The van der Waals surface area contributed by atoms with E-state index in [1.807, 2.05) is 31.2 Å². The molecule has 0 aliphatic heterocycles. The maximum absolute atomic E-state index is 13.1. The Morgan fingerprint density at radius 3 is 2.64 bits per heavy atom. The summed E-state index contributed by atoms with van der Waals surface area (Å²) >= 11 is 1.40. The molecule has 7 heteroatoms. The Bertz CT molecular complexity index is 1220. The second-order valence-electron chi connectivity index (χ2n) is 5.68. The summed E-state index contributed by atoms with van der Waals surface area (Å²) in [5.74, 6) is 0.948. The molecule has 5 nitrogen and oxygen atoms in total. The third-order valence-electron chi connectivity index (χ3n) is 4.13. The van der Waals surface area contributed by atoms with Crippen LogP contribution in [0.25, 0.3) is 38.1 Å². The van der Waals surface area contributed by atoms with E-state index < -0.39 is 0 Å². The van der Waals surface area contributed by atoms with Crippen LogP contribution in [-0.4, -0.2) is 19.8 Å². The number of para-hydroxylation sites is 1. The molecule has 3 heterocycles. The van der Waals surface area contributed by atoms with Gasteiger partial charge in [0.2, 0.25) is 10.8 Å². The van der Waals surface area contributed by atoms with E-state index in [4.69, 9.17) is 4.42 Å². The number of aryl methyl sites for hydroxylation is 1. The fourth-order valence-corrected chi connectivity index (χ4v) is 3.70. The average molecular weight is 350 g/mol. The van der Waals surface area contributed by atoms with Crippen LogP contribution in [0.1, 0.15) is 5.56 Å². The van der Waals surface area contributed by atoms with Gasteiger partial charge in [-0.1, -0.05) is 29.5 Å². The van der Waals surface area contributed by atoms with E-state index >= 15 is 0 Å². The quantitative estimate of drug-likeness (QED) is 0.462. The lowest BCUT2D eigenvalue weighted by atomic mass is 10.1. The van der Waals surface area contributed by atoms with Crippen LogP contribution in [-0.2, 0) is 0 Å². The summed E-state index contributed by atoms with van der Waals surface area (Å²) in [5, 5.41) is 14.8. The molecule has 0 bridgehead atoms. The molecule has 0 aliphatic rings. The van der Waals surface area contributed by atoms with Gasteiger partial charge in [-0.3, -0.25) is 0 Å². The molecule has 0 spiro atoms. The predicted molar refractivity (Wildman–Crippen MR) is 94.0 cm³/mol. The van der Waals surface area contributed by atoms with Crippen molar-refractivity contribution in [1.29, 1.82) is 0 Å². The maximum atomic E-state index is 13.1. The van der Waals surface area contributed by atoms with Gasteiger partial charge < -0.3 is 4.42 Å². The third kappa shape index (κ3) is 2.16. The number of halogens is 1. The van der Waals surface area contributed by atoms with Crippen molar-refractivity contribution < 1.29 is 8.81 Å². The monoisotopic (exact) mass is 350 g/mol. The Hall–Kier alpha value is -3.06. The first-order chi connectivity index (χ1) is 12.2. The summed E-state index contributed by atoms with van der Waals surface area (Å²) in [6, 6.07) is 14.1. The predicted octanol–water partition coefficient (Wildman–Crippen LogP) is 4.71. The number of hydrogen-bond acceptors (Lipinski definition) is 5. The van der Waals surface area contributed by atoms with Gasteiger partial charge in [-0.05, 0) is 37.3 Å². The largest absolute Gasteiger partial charge is 0.452 e. The summed E-state index contributed by atoms with van der Waals surface area (Å²) in [5.41, 5.74) is 2.64. The normalized spacial score (nSPS) is 11.6. The smallest absolute Gasteiger partial charge is 0.235 e. The van der Waals surface area contributed by atoms with Gasteiger partial charge in [-0.15, -0.1) is 10.2 Å². The van der Waals surface area contributed by atoms with Crippen molar-refractivity contribution in [3.63, 3.8) is 0 Å². The lowest BCUT2D eigenvalue weighted by Gasteiger charge is -1.95. The van der Waals surface area contributed by atoms with E-state index in [2.05, 4.69) is 15.3 Å². The lowest BCUT2D eigenvalue weighted by molar-refractivity contribution is 0.619. The Morgan fingerprint density at radius 2 is 1.84 bits per heavy atom. The van der Waals surface area contributed by atoms with Crippen LogP contribution in [0.5, 0.6) is 0 Å². The highest BCUT2D eigenvalue weighted by Gasteiger charge is 2.20. The first-order valence-corrected chi connectivity index (χ1v) is 8.49. The zero-order valence-corrected chi connectivity index (χ0v) is 13.9. The molecule has 122 valence electrons. The van der Waals surface area contributed by atoms with E-state index in [0.29, 0.717) is 16.5 Å². The van der Waals surface area contributed by atoms with Crippen molar-refractivity contribution >= 4 is 27.3 Å². The van der Waals surface area contributed by atoms with E-state index in [1.165, 1.54) is 23.5 Å². The molecule has 0 atom stereocenters. The van der Waals surface area contributed by atoms with Crippen molar-refractivity contribution in [1.82, 2.24) is 19.8 Å². The minimum atomic E-state index is -0.273. The molecule has 0 saturated heterocycles. The van der Waals surface area contributed by atoms with Crippen LogP contribution < -0.4 is 0 Å². The van der Waals surface area contributed by atoms with Gasteiger partial charge in [0, 0.05) is 16.5 Å². The van der Waals surface area contributed by atoms with E-state index in [1.54, 1.807) is 16.6 Å². The van der Waals surface area contributed by atoms with Gasteiger partial charge in [-0.25, -0.2) is 4.39 Å². The maximum Gasteiger partial charge on any atom is 0.235 e. The van der Waals surface area contributed by atoms with E-state index in [-0.39, 0.29) is 5.82 Å². The molecule has 5 aromatic rings. The topological polar surface area (TPSA) is 56.2 Å². The van der Waals surface area contributed by atoms with Crippen LogP contribution in [0.3, 0.4) is 0 Å². The second-order valence-corrected chi connectivity index (χ2v) is 6.64. The molecule has 0 amide bonds. The number of benzene rings is 2. The minimum absolute atomic E-state index is 0.273. The zero-order valence-electron chi connectivity index (χ0n) is 13.1. The molecular weight excluding hydrogens is 339 g/mol. The fourth-order valence-electron chi connectivity index (χ4n) is 2.86. The van der Waals surface area contributed by atoms with E-state index in [9.17, 15) is 4.39 Å². The van der Waals surface area contributed by atoms with E-state index in [0.717, 1.165) is 27.1 Å². The molecule has 25 heavy (non-hydrogen) atoms. The highest BCUT2D eigenvalue weighted by molar-refractivity contribution is 7.19. The summed E-state index contributed by atoms with van der Waals surface area (Å²) in [6.45, 7) is 2.00. The molecule has 0 N–H and O–H groups in total.